The molecule has 9 aromatic rings. The first-order chi connectivity index (χ1) is 25.2. The molecule has 15 nitrogen and oxygen atoms in total. The monoisotopic (exact) mass is 691 g/mol. The van der Waals surface area contributed by atoms with Gasteiger partial charge in [-0.25, -0.2) is 4.98 Å². The summed E-state index contributed by atoms with van der Waals surface area (Å²) >= 11 is 0. The van der Waals surface area contributed by atoms with E-state index in [0.29, 0.717) is 33.4 Å². The van der Waals surface area contributed by atoms with Gasteiger partial charge in [0.05, 0.1) is 28.3 Å². The molecule has 4 heterocycles. The maximum absolute atomic E-state index is 11.4. The molecule has 52 heavy (non-hydrogen) atoms. The second-order valence-corrected chi connectivity index (χ2v) is 11.9. The number of aromatic hydroxyl groups is 6. The van der Waals surface area contributed by atoms with Gasteiger partial charge < -0.3 is 39.9 Å². The highest BCUT2D eigenvalue weighted by Gasteiger charge is 2.26. The molecule has 254 valence electrons. The number of nitrogens with zero attached hydrogens (tertiary/aromatic N) is 9. The fourth-order valence-corrected chi connectivity index (χ4v) is 6.26. The molecule has 0 spiro atoms. The van der Waals surface area contributed by atoms with Crippen LogP contribution in [-0.4, -0.2) is 70.0 Å². The highest BCUT2D eigenvalue weighted by Crippen LogP contribution is 2.48. The summed E-state index contributed by atoms with van der Waals surface area (Å²) in [5.74, 6) is -2.39. The van der Waals surface area contributed by atoms with Crippen LogP contribution in [0.3, 0.4) is 0 Å². The van der Waals surface area contributed by atoms with Crippen molar-refractivity contribution in [3.8, 4) is 57.1 Å². The maximum atomic E-state index is 11.4. The van der Waals surface area contributed by atoms with Crippen LogP contribution in [0.1, 0.15) is 0 Å². The molecule has 6 N–H and O–H groups in total. The van der Waals surface area contributed by atoms with Crippen LogP contribution in [0.15, 0.2) is 116 Å². The molecule has 0 bridgehead atoms. The van der Waals surface area contributed by atoms with Crippen molar-refractivity contribution in [2.45, 2.75) is 0 Å². The van der Waals surface area contributed by atoms with Crippen LogP contribution >= 0.6 is 0 Å². The first-order valence-electron chi connectivity index (χ1n) is 15.8. The van der Waals surface area contributed by atoms with Gasteiger partial charge in [-0.3, -0.25) is 0 Å². The lowest BCUT2D eigenvalue weighted by molar-refractivity contribution is 0.439. The van der Waals surface area contributed by atoms with Crippen LogP contribution in [-0.2, 0) is 0 Å². The van der Waals surface area contributed by atoms with Gasteiger partial charge in [0.25, 0.3) is 0 Å². The smallest absolute Gasteiger partial charge is 0.169 e. The number of benzene rings is 5. The van der Waals surface area contributed by atoms with E-state index in [0.717, 1.165) is 9.59 Å². The number of imidazole rings is 1. The number of anilines is 3. The fraction of sp³-hybridized carbons (Fsp3) is 0. The molecule has 0 aliphatic carbocycles. The van der Waals surface area contributed by atoms with E-state index in [1.54, 1.807) is 71.4 Å². The van der Waals surface area contributed by atoms with Gasteiger partial charge in [0.1, 0.15) is 62.2 Å². The van der Waals surface area contributed by atoms with Gasteiger partial charge in [-0.15, -0.1) is 30.0 Å². The van der Waals surface area contributed by atoms with Crippen molar-refractivity contribution in [2.24, 2.45) is 0 Å². The normalized spacial score (nSPS) is 11.5. The molecule has 0 amide bonds. The summed E-state index contributed by atoms with van der Waals surface area (Å²) in [4.78, 5) is 8.13. The Morgan fingerprint density at radius 2 is 0.846 bits per heavy atom. The van der Waals surface area contributed by atoms with E-state index in [2.05, 4.69) is 25.4 Å². The molecule has 0 aliphatic heterocycles. The third-order valence-electron chi connectivity index (χ3n) is 8.56. The minimum atomic E-state index is -0.424. The summed E-state index contributed by atoms with van der Waals surface area (Å²) in [5, 5.41) is 85.5. The molecule has 0 unspecified atom stereocenters. The lowest BCUT2D eigenvalue weighted by Crippen LogP contribution is -2.11. The first kappa shape index (κ1) is 30.3. The molecule has 0 saturated carbocycles. The average Bonchev–Trinajstić information content (AvgIpc) is 3.84. The SMILES string of the molecule is Oc1cc(N(c2cc(O)c(-n3nc4ccccc4n3)c(O)c2)c2cc(O)c(-n3nc4ccccc4n3)c(O)c2)cc(O)c1-c1cn2ccccc2n1. The average molecular weight is 692 g/mol. The largest absolute Gasteiger partial charge is 0.507 e. The topological polar surface area (TPSA) is 203 Å². The Bertz CT molecular complexity index is 2390. The van der Waals surface area contributed by atoms with Crippen molar-refractivity contribution < 1.29 is 30.6 Å². The summed E-state index contributed by atoms with van der Waals surface area (Å²) in [6.45, 7) is 0. The lowest BCUT2D eigenvalue weighted by Gasteiger charge is -2.27. The highest BCUT2D eigenvalue weighted by molar-refractivity contribution is 5.87. The van der Waals surface area contributed by atoms with E-state index in [4.69, 9.17) is 0 Å². The van der Waals surface area contributed by atoms with Crippen LogP contribution in [0.25, 0.3) is 50.3 Å². The van der Waals surface area contributed by atoms with Gasteiger partial charge in [-0.2, -0.15) is 0 Å². The summed E-state index contributed by atoms with van der Waals surface area (Å²) in [7, 11) is 0. The standard InChI is InChI=1S/C37H25N9O6/c47-28-13-20(14-29(48)35(28)27-19-43-12-6-5-11-34(43)38-27)44(21-15-30(49)36(31(50)16-21)45-39-23-7-1-2-8-24(23)40-45)22-17-32(51)37(33(52)18-22)46-41-25-9-3-4-10-26(25)42-46/h1-19,47-52H. The third-order valence-corrected chi connectivity index (χ3v) is 8.56. The lowest BCUT2D eigenvalue weighted by atomic mass is 10.1. The Labute approximate surface area is 292 Å². The summed E-state index contributed by atoms with van der Waals surface area (Å²) < 4.78 is 1.74. The van der Waals surface area contributed by atoms with E-state index in [1.807, 2.05) is 12.1 Å². The predicted octanol–water partition coefficient (Wildman–Crippen LogP) is 6.17. The molecule has 0 fully saturated rings. The van der Waals surface area contributed by atoms with Gasteiger partial charge in [-0.1, -0.05) is 30.3 Å². The van der Waals surface area contributed by atoms with Gasteiger partial charge in [-0.05, 0) is 36.4 Å². The zero-order valence-electron chi connectivity index (χ0n) is 26.7. The van der Waals surface area contributed by atoms with Crippen molar-refractivity contribution >= 4 is 44.8 Å². The van der Waals surface area contributed by atoms with Crippen LogP contribution in [0, 0.1) is 0 Å². The highest BCUT2D eigenvalue weighted by atomic mass is 16.3. The predicted molar refractivity (Wildman–Crippen MR) is 190 cm³/mol. The number of phenols is 6. The van der Waals surface area contributed by atoms with Gasteiger partial charge in [0.15, 0.2) is 11.4 Å². The quantitative estimate of drug-likeness (QED) is 0.116. The second-order valence-electron chi connectivity index (χ2n) is 11.9. The van der Waals surface area contributed by atoms with Crippen LogP contribution < -0.4 is 4.90 Å². The third kappa shape index (κ3) is 4.87. The molecule has 5 aromatic carbocycles. The number of hydrogen-bond donors (Lipinski definition) is 6. The molecule has 9 rings (SSSR count). The van der Waals surface area contributed by atoms with Crippen LogP contribution in [0.4, 0.5) is 17.1 Å². The first-order valence-corrected chi connectivity index (χ1v) is 15.8. The Morgan fingerprint density at radius 3 is 1.25 bits per heavy atom. The minimum Gasteiger partial charge on any atom is -0.507 e. The Morgan fingerprint density at radius 1 is 0.462 bits per heavy atom. The number of aromatic nitrogens is 8. The number of phenolic OH excluding ortho intramolecular Hbond substituents is 6. The minimum absolute atomic E-state index is 0.0585. The van der Waals surface area contributed by atoms with Gasteiger partial charge in [0, 0.05) is 48.8 Å². The zero-order chi connectivity index (χ0) is 35.7. The summed E-state index contributed by atoms with van der Waals surface area (Å²) in [6.07, 6.45) is 3.44. The number of fused-ring (bicyclic) bond motifs is 3. The van der Waals surface area contributed by atoms with E-state index in [1.165, 1.54) is 41.3 Å². The number of hydrogen-bond acceptors (Lipinski definition) is 12. The van der Waals surface area contributed by atoms with Crippen molar-refractivity contribution in [1.29, 1.82) is 0 Å². The van der Waals surface area contributed by atoms with E-state index < -0.39 is 23.0 Å². The van der Waals surface area contributed by atoms with E-state index in [-0.39, 0.29) is 45.5 Å². The number of rotatable bonds is 6. The molecule has 0 aliphatic rings. The van der Waals surface area contributed by atoms with Crippen molar-refractivity contribution in [2.75, 3.05) is 4.90 Å². The molecule has 15 heteroatoms. The van der Waals surface area contributed by atoms with Crippen molar-refractivity contribution in [1.82, 2.24) is 39.4 Å². The molecule has 0 saturated heterocycles. The van der Waals surface area contributed by atoms with Crippen molar-refractivity contribution in [3.05, 3.63) is 116 Å². The van der Waals surface area contributed by atoms with E-state index >= 15 is 0 Å². The summed E-state index contributed by atoms with van der Waals surface area (Å²) in [5.41, 5.74) is 3.21. The van der Waals surface area contributed by atoms with Crippen molar-refractivity contribution in [3.63, 3.8) is 0 Å². The maximum Gasteiger partial charge on any atom is 0.169 e. The summed E-state index contributed by atoms with van der Waals surface area (Å²) in [6, 6.07) is 27.4. The molecule has 0 atom stereocenters. The van der Waals surface area contributed by atoms with Gasteiger partial charge in [0.2, 0.25) is 0 Å². The molecule has 0 radical (unpaired) electrons. The Hall–Kier alpha value is -7.81. The second kappa shape index (κ2) is 11.4. The molecular weight excluding hydrogens is 666 g/mol. The fourth-order valence-electron chi connectivity index (χ4n) is 6.26. The van der Waals surface area contributed by atoms with Crippen LogP contribution in [0.5, 0.6) is 34.5 Å². The van der Waals surface area contributed by atoms with E-state index in [9.17, 15) is 30.6 Å². The Kier molecular flexibility index (Phi) is 6.62. The molecule has 4 aromatic heterocycles. The molecular formula is C37H25N9O6. The van der Waals surface area contributed by atoms with Crippen LogP contribution in [0.2, 0.25) is 0 Å². The zero-order valence-corrected chi connectivity index (χ0v) is 26.7. The van der Waals surface area contributed by atoms with Gasteiger partial charge >= 0.3 is 0 Å². The number of pyridine rings is 1. The Balaban J connectivity index is 1.21.